The molecule has 6 nitrogen and oxygen atoms in total. The summed E-state index contributed by atoms with van der Waals surface area (Å²) < 4.78 is 5.35. The Kier molecular flexibility index (Phi) is 4.54. The molecule has 2 N–H and O–H groups in total. The maximum atomic E-state index is 11.8. The summed E-state index contributed by atoms with van der Waals surface area (Å²) in [4.78, 5) is 25.4. The molecule has 2 rings (SSSR count). The lowest BCUT2D eigenvalue weighted by Crippen LogP contribution is -2.50. The number of hydrogen-bond acceptors (Lipinski definition) is 4. The predicted octanol–water partition coefficient (Wildman–Crippen LogP) is -1.04. The van der Waals surface area contributed by atoms with Gasteiger partial charge in [0.1, 0.15) is 0 Å². The molecule has 2 amide bonds. The van der Waals surface area contributed by atoms with Gasteiger partial charge in [-0.25, -0.2) is 0 Å². The van der Waals surface area contributed by atoms with Crippen molar-refractivity contribution < 1.29 is 14.3 Å². The van der Waals surface area contributed by atoms with Gasteiger partial charge in [-0.1, -0.05) is 0 Å². The van der Waals surface area contributed by atoms with Crippen molar-refractivity contribution in [3.05, 3.63) is 0 Å². The van der Waals surface area contributed by atoms with Crippen molar-refractivity contribution in [3.63, 3.8) is 0 Å². The lowest BCUT2D eigenvalue weighted by atomic mass is 10.1. The Balaban J connectivity index is 1.70. The number of nitrogens with one attached hydrogen (secondary N) is 2. The van der Waals surface area contributed by atoms with Crippen LogP contribution in [-0.4, -0.2) is 62.1 Å². The highest BCUT2D eigenvalue weighted by atomic mass is 16.5. The van der Waals surface area contributed by atoms with Crippen LogP contribution in [0.25, 0.3) is 0 Å². The summed E-state index contributed by atoms with van der Waals surface area (Å²) in [5.74, 6) is -0.171. The molecular weight excluding hydrogens is 234 g/mol. The van der Waals surface area contributed by atoms with Gasteiger partial charge < -0.3 is 20.3 Å². The number of amides is 2. The molecule has 18 heavy (non-hydrogen) atoms. The number of nitrogens with zero attached hydrogens (tertiary/aromatic N) is 1. The van der Waals surface area contributed by atoms with E-state index in [1.807, 2.05) is 6.92 Å². The zero-order valence-corrected chi connectivity index (χ0v) is 10.8. The largest absolute Gasteiger partial charge is 0.378 e. The molecule has 0 aliphatic carbocycles. The van der Waals surface area contributed by atoms with Gasteiger partial charge in [-0.15, -0.1) is 0 Å². The second-order valence-corrected chi connectivity index (χ2v) is 4.93. The molecule has 6 heteroatoms. The standard InChI is InChI=1S/C12H21N3O3/c1-9-6-10(8-18-9)12(17)14-7-11(16)15-4-2-13-3-5-15/h9-10,13H,2-8H2,1H3,(H,14,17). The van der Waals surface area contributed by atoms with Gasteiger partial charge in [0.2, 0.25) is 11.8 Å². The molecule has 2 aliphatic heterocycles. The van der Waals surface area contributed by atoms with E-state index in [2.05, 4.69) is 10.6 Å². The Hall–Kier alpha value is -1.14. The minimum Gasteiger partial charge on any atom is -0.378 e. The highest BCUT2D eigenvalue weighted by Crippen LogP contribution is 2.18. The van der Waals surface area contributed by atoms with Crippen molar-refractivity contribution in [1.29, 1.82) is 0 Å². The summed E-state index contributed by atoms with van der Waals surface area (Å²) in [7, 11) is 0. The summed E-state index contributed by atoms with van der Waals surface area (Å²) in [6, 6.07) is 0. The number of carbonyl (C=O) groups is 2. The van der Waals surface area contributed by atoms with Crippen molar-refractivity contribution in [3.8, 4) is 0 Å². The van der Waals surface area contributed by atoms with Crippen molar-refractivity contribution in [2.75, 3.05) is 39.3 Å². The zero-order chi connectivity index (χ0) is 13.0. The maximum Gasteiger partial charge on any atom is 0.242 e. The first-order chi connectivity index (χ1) is 8.66. The number of rotatable bonds is 3. The lowest BCUT2D eigenvalue weighted by molar-refractivity contribution is -0.134. The fourth-order valence-electron chi connectivity index (χ4n) is 2.33. The van der Waals surface area contributed by atoms with E-state index in [1.165, 1.54) is 0 Å². The average molecular weight is 255 g/mol. The molecule has 0 aromatic rings. The van der Waals surface area contributed by atoms with Crippen molar-refractivity contribution >= 4 is 11.8 Å². The van der Waals surface area contributed by atoms with Crippen molar-refractivity contribution in [1.82, 2.24) is 15.5 Å². The van der Waals surface area contributed by atoms with E-state index in [1.54, 1.807) is 4.90 Å². The molecule has 0 radical (unpaired) electrons. The van der Waals surface area contributed by atoms with Gasteiger partial charge in [-0.3, -0.25) is 9.59 Å². The number of piperazine rings is 1. The molecule has 2 saturated heterocycles. The first-order valence-electron chi connectivity index (χ1n) is 6.54. The van der Waals surface area contributed by atoms with E-state index in [0.29, 0.717) is 6.61 Å². The van der Waals surface area contributed by atoms with Crippen LogP contribution >= 0.6 is 0 Å². The highest BCUT2D eigenvalue weighted by molar-refractivity contribution is 5.86. The second-order valence-electron chi connectivity index (χ2n) is 4.93. The Morgan fingerprint density at radius 2 is 2.11 bits per heavy atom. The van der Waals surface area contributed by atoms with Gasteiger partial charge in [0.15, 0.2) is 0 Å². The van der Waals surface area contributed by atoms with Gasteiger partial charge in [0.05, 0.1) is 25.2 Å². The summed E-state index contributed by atoms with van der Waals surface area (Å²) in [5, 5.41) is 5.90. The fourth-order valence-corrected chi connectivity index (χ4v) is 2.33. The molecule has 102 valence electrons. The van der Waals surface area contributed by atoms with Crippen LogP contribution in [0.2, 0.25) is 0 Å². The first-order valence-corrected chi connectivity index (χ1v) is 6.54. The van der Waals surface area contributed by atoms with Crippen LogP contribution in [-0.2, 0) is 14.3 Å². The van der Waals surface area contributed by atoms with Gasteiger partial charge in [0, 0.05) is 26.2 Å². The van der Waals surface area contributed by atoms with Crippen LogP contribution in [0.15, 0.2) is 0 Å². The third-order valence-electron chi connectivity index (χ3n) is 3.45. The monoisotopic (exact) mass is 255 g/mol. The van der Waals surface area contributed by atoms with Crippen LogP contribution in [0, 0.1) is 5.92 Å². The van der Waals surface area contributed by atoms with Crippen LogP contribution in [0.1, 0.15) is 13.3 Å². The normalized spacial score (nSPS) is 28.2. The van der Waals surface area contributed by atoms with Gasteiger partial charge in [-0.2, -0.15) is 0 Å². The SMILES string of the molecule is CC1CC(C(=O)NCC(=O)N2CCNCC2)CO1. The van der Waals surface area contributed by atoms with Crippen molar-refractivity contribution in [2.24, 2.45) is 5.92 Å². The quantitative estimate of drug-likeness (QED) is 0.676. The van der Waals surface area contributed by atoms with E-state index in [0.717, 1.165) is 32.6 Å². The van der Waals surface area contributed by atoms with E-state index in [4.69, 9.17) is 4.74 Å². The first kappa shape index (κ1) is 13.3. The second kappa shape index (κ2) is 6.15. The third-order valence-corrected chi connectivity index (χ3v) is 3.45. The molecule has 0 aromatic carbocycles. The maximum absolute atomic E-state index is 11.8. The predicted molar refractivity (Wildman–Crippen MR) is 66.0 cm³/mol. The van der Waals surface area contributed by atoms with Gasteiger partial charge in [0.25, 0.3) is 0 Å². The summed E-state index contributed by atoms with van der Waals surface area (Å²) in [6.07, 6.45) is 0.887. The van der Waals surface area contributed by atoms with Crippen LogP contribution in [0.5, 0.6) is 0 Å². The number of carbonyl (C=O) groups excluding carboxylic acids is 2. The van der Waals surface area contributed by atoms with E-state index < -0.39 is 0 Å². The van der Waals surface area contributed by atoms with Gasteiger partial charge in [-0.05, 0) is 13.3 Å². The fraction of sp³-hybridized carbons (Fsp3) is 0.833. The topological polar surface area (TPSA) is 70.7 Å². The minimum absolute atomic E-state index is 0.00295. The van der Waals surface area contributed by atoms with E-state index >= 15 is 0 Å². The highest BCUT2D eigenvalue weighted by Gasteiger charge is 2.28. The molecule has 2 unspecified atom stereocenters. The minimum atomic E-state index is -0.101. The molecule has 0 saturated carbocycles. The van der Waals surface area contributed by atoms with E-state index in [-0.39, 0.29) is 30.4 Å². The average Bonchev–Trinajstić information content (AvgIpc) is 2.83. The summed E-state index contributed by atoms with van der Waals surface area (Å²) in [5.41, 5.74) is 0. The molecule has 2 aliphatic rings. The third kappa shape index (κ3) is 3.43. The lowest BCUT2D eigenvalue weighted by Gasteiger charge is -2.27. The zero-order valence-electron chi connectivity index (χ0n) is 10.8. The molecule has 0 bridgehead atoms. The van der Waals surface area contributed by atoms with Crippen LogP contribution in [0.4, 0.5) is 0 Å². The van der Waals surface area contributed by atoms with Crippen LogP contribution < -0.4 is 10.6 Å². The number of ether oxygens (including phenoxy) is 1. The van der Waals surface area contributed by atoms with Gasteiger partial charge >= 0.3 is 0 Å². The van der Waals surface area contributed by atoms with E-state index in [9.17, 15) is 9.59 Å². The summed E-state index contributed by atoms with van der Waals surface area (Å²) >= 11 is 0. The molecule has 0 aromatic heterocycles. The summed E-state index contributed by atoms with van der Waals surface area (Å²) in [6.45, 7) is 5.62. The molecule has 0 spiro atoms. The van der Waals surface area contributed by atoms with Crippen molar-refractivity contribution in [2.45, 2.75) is 19.4 Å². The Labute approximate surface area is 107 Å². The number of hydrogen-bond donors (Lipinski definition) is 2. The molecule has 2 heterocycles. The Bertz CT molecular complexity index is 299. The molecular formula is C12H21N3O3. The van der Waals surface area contributed by atoms with Crippen LogP contribution in [0.3, 0.4) is 0 Å². The Morgan fingerprint density at radius 1 is 1.39 bits per heavy atom. The molecule has 2 atom stereocenters. The molecule has 2 fully saturated rings. The smallest absolute Gasteiger partial charge is 0.242 e. The Morgan fingerprint density at radius 3 is 2.72 bits per heavy atom.